The number of amides is 1. The molecule has 106 valence electrons. The fraction of sp³-hybridized carbons (Fsp3) is 0.308. The van der Waals surface area contributed by atoms with Crippen LogP contribution in [0, 0.1) is 0 Å². The van der Waals surface area contributed by atoms with Crippen LogP contribution in [-0.2, 0) is 6.42 Å². The van der Waals surface area contributed by atoms with Gasteiger partial charge in [0.2, 0.25) is 5.82 Å². The Hall–Kier alpha value is -1.89. The van der Waals surface area contributed by atoms with E-state index in [1.807, 2.05) is 13.0 Å². The summed E-state index contributed by atoms with van der Waals surface area (Å²) in [6, 6.07) is 5.36. The second-order valence-electron chi connectivity index (χ2n) is 4.15. The van der Waals surface area contributed by atoms with Gasteiger partial charge in [-0.25, -0.2) is 4.98 Å². The Morgan fingerprint density at radius 2 is 2.30 bits per heavy atom. The largest absolute Gasteiger partial charge is 0.495 e. The Bertz CT molecular complexity index is 612. The van der Waals surface area contributed by atoms with E-state index in [0.29, 0.717) is 17.3 Å². The second kappa shape index (κ2) is 6.51. The smallest absolute Gasteiger partial charge is 0.295 e. The highest BCUT2D eigenvalue weighted by Crippen LogP contribution is 2.28. The summed E-state index contributed by atoms with van der Waals surface area (Å²) in [5.74, 6) is 1.03. The highest BCUT2D eigenvalue weighted by molar-refractivity contribution is 9.10. The average Bonchev–Trinajstić information content (AvgIpc) is 2.88. The van der Waals surface area contributed by atoms with Crippen LogP contribution in [0.3, 0.4) is 0 Å². The zero-order chi connectivity index (χ0) is 14.5. The fourth-order valence-electron chi connectivity index (χ4n) is 1.70. The van der Waals surface area contributed by atoms with Crippen molar-refractivity contribution < 1.29 is 9.53 Å². The van der Waals surface area contributed by atoms with Crippen LogP contribution in [0.4, 0.5) is 5.69 Å². The number of H-pyrrole nitrogens is 1. The fourth-order valence-corrected chi connectivity index (χ4v) is 2.06. The summed E-state index contributed by atoms with van der Waals surface area (Å²) < 4.78 is 6.04. The number of aryl methyl sites for hydroxylation is 1. The molecule has 6 nitrogen and oxygen atoms in total. The summed E-state index contributed by atoms with van der Waals surface area (Å²) in [5.41, 5.74) is 0.564. The van der Waals surface area contributed by atoms with E-state index in [-0.39, 0.29) is 11.7 Å². The monoisotopic (exact) mass is 338 g/mol. The standard InChI is InChI=1S/C13H15BrN4O2/c1-3-4-11-16-12(18-17-11)13(19)15-9-7-8(14)5-6-10(9)20-2/h5-7H,3-4H2,1-2H3,(H,15,19)(H,16,17,18). The van der Waals surface area contributed by atoms with Crippen LogP contribution >= 0.6 is 15.9 Å². The molecule has 2 aromatic rings. The van der Waals surface area contributed by atoms with Gasteiger partial charge < -0.3 is 10.1 Å². The molecule has 0 aliphatic heterocycles. The Morgan fingerprint density at radius 3 is 3.00 bits per heavy atom. The lowest BCUT2D eigenvalue weighted by atomic mass is 10.3. The van der Waals surface area contributed by atoms with E-state index < -0.39 is 0 Å². The number of hydrogen-bond acceptors (Lipinski definition) is 4. The minimum Gasteiger partial charge on any atom is -0.495 e. The molecule has 7 heteroatoms. The third-order valence-corrected chi connectivity index (χ3v) is 3.12. The number of nitrogens with zero attached hydrogens (tertiary/aromatic N) is 2. The van der Waals surface area contributed by atoms with Crippen molar-refractivity contribution in [2.45, 2.75) is 19.8 Å². The van der Waals surface area contributed by atoms with Gasteiger partial charge in [-0.15, -0.1) is 5.10 Å². The minimum atomic E-state index is -0.375. The third kappa shape index (κ3) is 3.36. The topological polar surface area (TPSA) is 79.9 Å². The number of carbonyl (C=O) groups excluding carboxylic acids is 1. The summed E-state index contributed by atoms with van der Waals surface area (Å²) in [6.45, 7) is 2.04. The zero-order valence-corrected chi connectivity index (χ0v) is 12.8. The van der Waals surface area contributed by atoms with Crippen molar-refractivity contribution in [2.24, 2.45) is 0 Å². The van der Waals surface area contributed by atoms with Crippen LogP contribution in [-0.4, -0.2) is 28.2 Å². The number of carbonyl (C=O) groups is 1. The van der Waals surface area contributed by atoms with Crippen molar-refractivity contribution in [2.75, 3.05) is 12.4 Å². The molecule has 0 saturated heterocycles. The van der Waals surface area contributed by atoms with Crippen molar-refractivity contribution >= 4 is 27.5 Å². The molecule has 1 aromatic heterocycles. The maximum absolute atomic E-state index is 12.1. The van der Waals surface area contributed by atoms with Gasteiger partial charge in [-0.05, 0) is 24.6 Å². The lowest BCUT2D eigenvalue weighted by molar-refractivity contribution is 0.101. The quantitative estimate of drug-likeness (QED) is 0.878. The molecule has 0 fully saturated rings. The number of halogens is 1. The highest BCUT2D eigenvalue weighted by atomic mass is 79.9. The van der Waals surface area contributed by atoms with Crippen LogP contribution in [0.25, 0.3) is 0 Å². The maximum Gasteiger partial charge on any atom is 0.295 e. The molecule has 1 heterocycles. The van der Waals surface area contributed by atoms with Gasteiger partial charge in [-0.2, -0.15) is 0 Å². The first-order chi connectivity index (χ1) is 9.63. The number of benzene rings is 1. The molecule has 0 spiro atoms. The number of aromatic nitrogens is 3. The number of hydrogen-bond donors (Lipinski definition) is 2. The van der Waals surface area contributed by atoms with Gasteiger partial charge in [0.25, 0.3) is 5.91 Å². The van der Waals surface area contributed by atoms with Crippen LogP contribution < -0.4 is 10.1 Å². The molecule has 0 aliphatic carbocycles. The number of anilines is 1. The summed E-state index contributed by atoms with van der Waals surface area (Å²) in [5, 5.41) is 9.39. The van der Waals surface area contributed by atoms with Gasteiger partial charge in [0.15, 0.2) is 0 Å². The molecule has 0 bridgehead atoms. The van der Waals surface area contributed by atoms with E-state index >= 15 is 0 Å². The zero-order valence-electron chi connectivity index (χ0n) is 11.2. The number of nitrogens with one attached hydrogen (secondary N) is 2. The summed E-state index contributed by atoms with van der Waals surface area (Å²) >= 11 is 3.35. The van der Waals surface area contributed by atoms with E-state index in [0.717, 1.165) is 17.3 Å². The Morgan fingerprint density at radius 1 is 1.50 bits per heavy atom. The molecule has 0 atom stereocenters. The van der Waals surface area contributed by atoms with Gasteiger partial charge in [0.1, 0.15) is 11.6 Å². The van der Waals surface area contributed by atoms with Gasteiger partial charge >= 0.3 is 0 Å². The third-order valence-electron chi connectivity index (χ3n) is 2.63. The number of ether oxygens (including phenoxy) is 1. The number of methoxy groups -OCH3 is 1. The summed E-state index contributed by atoms with van der Waals surface area (Å²) in [6.07, 6.45) is 1.70. The predicted molar refractivity (Wildman–Crippen MR) is 79.0 cm³/mol. The Balaban J connectivity index is 2.16. The lowest BCUT2D eigenvalue weighted by Crippen LogP contribution is -2.14. The molecule has 2 N–H and O–H groups in total. The molecule has 0 saturated carbocycles. The highest BCUT2D eigenvalue weighted by Gasteiger charge is 2.14. The first kappa shape index (κ1) is 14.5. The van der Waals surface area contributed by atoms with Gasteiger partial charge in [-0.1, -0.05) is 22.9 Å². The SMILES string of the molecule is CCCc1nc(C(=O)Nc2cc(Br)ccc2OC)n[nH]1. The van der Waals surface area contributed by atoms with Crippen molar-refractivity contribution in [1.29, 1.82) is 0 Å². The molecule has 2 rings (SSSR count). The number of aromatic amines is 1. The molecule has 0 aliphatic rings. The predicted octanol–water partition coefficient (Wildman–Crippen LogP) is 2.78. The van der Waals surface area contributed by atoms with Crippen molar-refractivity contribution in [3.05, 3.63) is 34.3 Å². The molecule has 1 aromatic carbocycles. The first-order valence-corrected chi connectivity index (χ1v) is 6.99. The van der Waals surface area contributed by atoms with Gasteiger partial charge in [-0.3, -0.25) is 9.89 Å². The molecular weight excluding hydrogens is 324 g/mol. The van der Waals surface area contributed by atoms with Crippen LogP contribution in [0.2, 0.25) is 0 Å². The molecular formula is C13H15BrN4O2. The normalized spacial score (nSPS) is 10.3. The van der Waals surface area contributed by atoms with E-state index in [9.17, 15) is 4.79 Å². The van der Waals surface area contributed by atoms with Crippen molar-refractivity contribution in [3.8, 4) is 5.75 Å². The minimum absolute atomic E-state index is 0.121. The molecule has 20 heavy (non-hydrogen) atoms. The summed E-state index contributed by atoms with van der Waals surface area (Å²) in [7, 11) is 1.55. The Labute approximate surface area is 125 Å². The second-order valence-corrected chi connectivity index (χ2v) is 5.07. The number of rotatable bonds is 5. The summed E-state index contributed by atoms with van der Waals surface area (Å²) in [4.78, 5) is 16.2. The lowest BCUT2D eigenvalue weighted by Gasteiger charge is -2.09. The molecule has 1 amide bonds. The maximum atomic E-state index is 12.1. The van der Waals surface area contributed by atoms with Crippen molar-refractivity contribution in [1.82, 2.24) is 15.2 Å². The van der Waals surface area contributed by atoms with Crippen LogP contribution in [0.5, 0.6) is 5.75 Å². The average molecular weight is 339 g/mol. The van der Waals surface area contributed by atoms with E-state index in [1.165, 1.54) is 0 Å². The van der Waals surface area contributed by atoms with Gasteiger partial charge in [0.05, 0.1) is 12.8 Å². The van der Waals surface area contributed by atoms with E-state index in [1.54, 1.807) is 19.2 Å². The van der Waals surface area contributed by atoms with E-state index in [4.69, 9.17) is 4.74 Å². The first-order valence-electron chi connectivity index (χ1n) is 6.20. The molecule has 0 unspecified atom stereocenters. The van der Waals surface area contributed by atoms with Gasteiger partial charge in [0, 0.05) is 10.9 Å². The van der Waals surface area contributed by atoms with Crippen LogP contribution in [0.1, 0.15) is 29.8 Å². The van der Waals surface area contributed by atoms with E-state index in [2.05, 4.69) is 36.4 Å². The Kier molecular flexibility index (Phi) is 4.73. The van der Waals surface area contributed by atoms with Crippen LogP contribution in [0.15, 0.2) is 22.7 Å². The van der Waals surface area contributed by atoms with Crippen molar-refractivity contribution in [3.63, 3.8) is 0 Å². The molecule has 0 radical (unpaired) electrons.